The fraction of sp³-hybridized carbons (Fsp3) is 0.429. The highest BCUT2D eigenvalue weighted by Crippen LogP contribution is 2.07. The molecule has 14 heavy (non-hydrogen) atoms. The molecule has 1 atom stereocenters. The van der Waals surface area contributed by atoms with E-state index in [2.05, 4.69) is 14.7 Å². The molecular weight excluding hydrogens is 229 g/mol. The zero-order valence-corrected chi connectivity index (χ0v) is 9.45. The van der Waals surface area contributed by atoms with Gasteiger partial charge in [-0.15, -0.1) is 24.8 Å². The molecule has 0 aliphatic carbocycles. The Morgan fingerprint density at radius 1 is 1.64 bits per heavy atom. The zero-order chi connectivity index (χ0) is 9.14. The summed E-state index contributed by atoms with van der Waals surface area (Å²) in [4.78, 5) is 17.7. The van der Waals surface area contributed by atoms with Crippen LogP contribution in [0.4, 0.5) is 0 Å². The number of aromatic nitrogens is 2. The lowest BCUT2D eigenvalue weighted by Crippen LogP contribution is -2.22. The first-order valence-electron chi connectivity index (χ1n) is 3.50. The number of H-pyrrole nitrogens is 1. The van der Waals surface area contributed by atoms with Crippen LogP contribution in [0.1, 0.15) is 17.6 Å². The van der Waals surface area contributed by atoms with Crippen LogP contribution in [-0.4, -0.2) is 23.0 Å². The minimum Gasteiger partial charge on any atom is -0.468 e. The van der Waals surface area contributed by atoms with E-state index in [0.29, 0.717) is 5.69 Å². The molecule has 1 unspecified atom stereocenters. The van der Waals surface area contributed by atoms with Crippen molar-refractivity contribution in [3.05, 3.63) is 17.7 Å². The number of imidazole rings is 1. The Balaban J connectivity index is 0. The average Bonchev–Trinajstić information content (AvgIpc) is 2.49. The van der Waals surface area contributed by atoms with Crippen LogP contribution in [0.25, 0.3) is 0 Å². The molecule has 0 saturated carbocycles. The third-order valence-corrected chi connectivity index (χ3v) is 1.50. The predicted molar refractivity (Wildman–Crippen MR) is 56.8 cm³/mol. The van der Waals surface area contributed by atoms with Crippen molar-refractivity contribution in [1.82, 2.24) is 9.97 Å². The smallest absolute Gasteiger partial charge is 0.328 e. The standard InChI is InChI=1S/C7H11N3O2.2ClH/c1-4-9-3-5(10-4)6(8)7(11)12-2;;/h3,6H,8H2,1-2H3,(H,9,10);2*1H. The lowest BCUT2D eigenvalue weighted by Gasteiger charge is -2.04. The minimum absolute atomic E-state index is 0. The van der Waals surface area contributed by atoms with Gasteiger partial charge in [-0.2, -0.15) is 0 Å². The molecule has 0 aromatic carbocycles. The van der Waals surface area contributed by atoms with Crippen LogP contribution in [0.15, 0.2) is 6.20 Å². The van der Waals surface area contributed by atoms with Crippen molar-refractivity contribution in [3.8, 4) is 0 Å². The molecule has 0 fully saturated rings. The van der Waals surface area contributed by atoms with Crippen molar-refractivity contribution < 1.29 is 9.53 Å². The van der Waals surface area contributed by atoms with E-state index in [9.17, 15) is 4.79 Å². The number of rotatable bonds is 2. The topological polar surface area (TPSA) is 81.0 Å². The number of methoxy groups -OCH3 is 1. The van der Waals surface area contributed by atoms with Gasteiger partial charge in [0.1, 0.15) is 11.9 Å². The minimum atomic E-state index is -0.792. The SMILES string of the molecule is COC(=O)C(N)c1c[nH]c(C)n1.Cl.Cl. The van der Waals surface area contributed by atoms with Gasteiger partial charge in [-0.25, -0.2) is 9.78 Å². The summed E-state index contributed by atoms with van der Waals surface area (Å²) in [5.41, 5.74) is 6.00. The fourth-order valence-corrected chi connectivity index (χ4v) is 0.844. The molecule has 0 aliphatic rings. The van der Waals surface area contributed by atoms with E-state index in [-0.39, 0.29) is 24.8 Å². The van der Waals surface area contributed by atoms with Gasteiger partial charge in [0, 0.05) is 6.20 Å². The molecule has 0 saturated heterocycles. The van der Waals surface area contributed by atoms with E-state index < -0.39 is 12.0 Å². The van der Waals surface area contributed by atoms with Crippen LogP contribution < -0.4 is 5.73 Å². The third kappa shape index (κ3) is 3.53. The predicted octanol–water partition coefficient (Wildman–Crippen LogP) is 0.735. The molecule has 1 rings (SSSR count). The van der Waals surface area contributed by atoms with E-state index in [4.69, 9.17) is 5.73 Å². The summed E-state index contributed by atoms with van der Waals surface area (Å²) >= 11 is 0. The van der Waals surface area contributed by atoms with E-state index in [0.717, 1.165) is 5.82 Å². The van der Waals surface area contributed by atoms with Crippen LogP contribution in [-0.2, 0) is 9.53 Å². The van der Waals surface area contributed by atoms with E-state index >= 15 is 0 Å². The fourth-order valence-electron chi connectivity index (χ4n) is 0.844. The maximum absolute atomic E-state index is 10.9. The van der Waals surface area contributed by atoms with Crippen LogP contribution >= 0.6 is 24.8 Å². The molecule has 3 N–H and O–H groups in total. The van der Waals surface area contributed by atoms with Gasteiger partial charge in [0.25, 0.3) is 0 Å². The first-order chi connectivity index (χ1) is 5.65. The molecule has 7 heteroatoms. The number of aromatic amines is 1. The molecule has 0 radical (unpaired) electrons. The maximum Gasteiger partial charge on any atom is 0.328 e. The van der Waals surface area contributed by atoms with Gasteiger partial charge in [0.15, 0.2) is 0 Å². The zero-order valence-electron chi connectivity index (χ0n) is 7.81. The highest BCUT2D eigenvalue weighted by molar-refractivity contribution is 5.85. The van der Waals surface area contributed by atoms with Crippen molar-refractivity contribution in [2.75, 3.05) is 7.11 Å². The number of nitrogens with zero attached hydrogens (tertiary/aromatic N) is 1. The molecule has 1 heterocycles. The average molecular weight is 242 g/mol. The summed E-state index contributed by atoms with van der Waals surface area (Å²) in [5, 5.41) is 0. The van der Waals surface area contributed by atoms with Gasteiger partial charge >= 0.3 is 5.97 Å². The summed E-state index contributed by atoms with van der Waals surface area (Å²) in [6.07, 6.45) is 1.59. The number of nitrogens with one attached hydrogen (secondary N) is 1. The van der Waals surface area contributed by atoms with Crippen molar-refractivity contribution in [2.45, 2.75) is 13.0 Å². The number of hydrogen-bond donors (Lipinski definition) is 2. The van der Waals surface area contributed by atoms with E-state index in [1.165, 1.54) is 7.11 Å². The molecule has 0 aliphatic heterocycles. The van der Waals surface area contributed by atoms with Crippen molar-refractivity contribution in [2.24, 2.45) is 5.73 Å². The summed E-state index contributed by atoms with van der Waals surface area (Å²) < 4.78 is 4.46. The van der Waals surface area contributed by atoms with Crippen molar-refractivity contribution in [1.29, 1.82) is 0 Å². The Morgan fingerprint density at radius 3 is 2.57 bits per heavy atom. The largest absolute Gasteiger partial charge is 0.468 e. The summed E-state index contributed by atoms with van der Waals surface area (Å²) in [5.74, 6) is 0.242. The molecule has 5 nitrogen and oxygen atoms in total. The van der Waals surface area contributed by atoms with Crippen molar-refractivity contribution in [3.63, 3.8) is 0 Å². The Hall–Kier alpha value is -0.780. The molecule has 0 amide bonds. The van der Waals surface area contributed by atoms with Crippen LogP contribution in [0.5, 0.6) is 0 Å². The Labute approximate surface area is 94.2 Å². The molecule has 0 bridgehead atoms. The molecule has 1 aromatic rings. The number of nitrogens with two attached hydrogens (primary N) is 1. The van der Waals surface area contributed by atoms with Gasteiger partial charge in [-0.05, 0) is 6.92 Å². The van der Waals surface area contributed by atoms with Gasteiger partial charge in [0.2, 0.25) is 0 Å². The molecule has 1 aromatic heterocycles. The lowest BCUT2D eigenvalue weighted by atomic mass is 10.2. The lowest BCUT2D eigenvalue weighted by molar-refractivity contribution is -0.142. The molecule has 0 spiro atoms. The van der Waals surface area contributed by atoms with Crippen LogP contribution in [0.2, 0.25) is 0 Å². The normalized spacial score (nSPS) is 10.8. The monoisotopic (exact) mass is 241 g/mol. The highest BCUT2D eigenvalue weighted by Gasteiger charge is 2.18. The second-order valence-electron chi connectivity index (χ2n) is 2.41. The van der Waals surface area contributed by atoms with Gasteiger partial charge in [0.05, 0.1) is 12.8 Å². The number of aryl methyl sites for hydroxylation is 1. The summed E-state index contributed by atoms with van der Waals surface area (Å²) in [6, 6.07) is -0.792. The second kappa shape index (κ2) is 6.64. The first kappa shape index (κ1) is 15.7. The quantitative estimate of drug-likeness (QED) is 0.749. The second-order valence-corrected chi connectivity index (χ2v) is 2.41. The number of carbonyl (C=O) groups excluding carboxylic acids is 1. The molecule has 82 valence electrons. The number of halogens is 2. The Morgan fingerprint density at radius 2 is 2.21 bits per heavy atom. The van der Waals surface area contributed by atoms with E-state index in [1.807, 2.05) is 0 Å². The van der Waals surface area contributed by atoms with Crippen LogP contribution in [0.3, 0.4) is 0 Å². The van der Waals surface area contributed by atoms with Gasteiger partial charge in [-0.1, -0.05) is 0 Å². The third-order valence-electron chi connectivity index (χ3n) is 1.50. The number of carbonyl (C=O) groups is 1. The first-order valence-corrected chi connectivity index (χ1v) is 3.50. The summed E-state index contributed by atoms with van der Waals surface area (Å²) in [6.45, 7) is 1.79. The van der Waals surface area contributed by atoms with Crippen molar-refractivity contribution >= 4 is 30.8 Å². The summed E-state index contributed by atoms with van der Waals surface area (Å²) in [7, 11) is 1.29. The van der Waals surface area contributed by atoms with E-state index in [1.54, 1.807) is 13.1 Å². The number of ether oxygens (including phenoxy) is 1. The molecular formula is C7H13Cl2N3O2. The highest BCUT2D eigenvalue weighted by atomic mass is 35.5. The Kier molecular flexibility index (Phi) is 7.44. The number of hydrogen-bond acceptors (Lipinski definition) is 4. The van der Waals surface area contributed by atoms with Gasteiger partial charge < -0.3 is 15.5 Å². The Bertz CT molecular complexity index is 290. The van der Waals surface area contributed by atoms with Crippen LogP contribution in [0, 0.1) is 6.92 Å². The van der Waals surface area contributed by atoms with Gasteiger partial charge in [-0.3, -0.25) is 0 Å². The number of esters is 1. The maximum atomic E-state index is 10.9.